The van der Waals surface area contributed by atoms with Crippen LogP contribution in [-0.2, 0) is 11.3 Å². The average Bonchev–Trinajstić information content (AvgIpc) is 3.23. The van der Waals surface area contributed by atoms with Crippen LogP contribution in [-0.4, -0.2) is 40.1 Å². The summed E-state index contributed by atoms with van der Waals surface area (Å²) in [6.07, 6.45) is 5.66. The quantitative estimate of drug-likeness (QED) is 0.371. The smallest absolute Gasteiger partial charge is 0.267 e. The second-order valence-electron chi connectivity index (χ2n) is 6.16. The second-order valence-corrected chi connectivity index (χ2v) is 7.54. The fourth-order valence-electron chi connectivity index (χ4n) is 2.89. The number of hydrogen-bond acceptors (Lipinski definition) is 6. The van der Waals surface area contributed by atoms with Crippen molar-refractivity contribution in [2.24, 2.45) is 0 Å². The summed E-state index contributed by atoms with van der Waals surface area (Å²) in [4.78, 5) is 20.6. The van der Waals surface area contributed by atoms with Gasteiger partial charge in [0.05, 0.1) is 0 Å². The SMILES string of the molecule is Cc1ccc(CN2CC[C@@H](Nc3ccc(/C=C/C(=O)NO)cn3)C2)s1.Cl.Cl. The number of hydrogen-bond donors (Lipinski definition) is 3. The van der Waals surface area contributed by atoms with E-state index in [9.17, 15) is 4.79 Å². The van der Waals surface area contributed by atoms with E-state index < -0.39 is 5.91 Å². The molecule has 6 nitrogen and oxygen atoms in total. The van der Waals surface area contributed by atoms with Crippen molar-refractivity contribution in [1.82, 2.24) is 15.4 Å². The molecule has 2 aromatic heterocycles. The maximum atomic E-state index is 11.0. The number of hydroxylamine groups is 1. The van der Waals surface area contributed by atoms with E-state index in [-0.39, 0.29) is 24.8 Å². The zero-order chi connectivity index (χ0) is 17.6. The van der Waals surface area contributed by atoms with E-state index in [0.29, 0.717) is 6.04 Å². The van der Waals surface area contributed by atoms with Crippen LogP contribution in [0.3, 0.4) is 0 Å². The van der Waals surface area contributed by atoms with Gasteiger partial charge in [-0.2, -0.15) is 0 Å². The molecule has 3 rings (SSSR count). The molecule has 0 saturated carbocycles. The van der Waals surface area contributed by atoms with Gasteiger partial charge in [0.2, 0.25) is 0 Å². The Labute approximate surface area is 175 Å². The van der Waals surface area contributed by atoms with E-state index in [1.165, 1.54) is 15.8 Å². The van der Waals surface area contributed by atoms with E-state index in [0.717, 1.165) is 37.4 Å². The molecule has 27 heavy (non-hydrogen) atoms. The standard InChI is InChI=1S/C18H22N4O2S.2ClH/c1-13-2-5-16(25-13)12-22-9-8-15(11-22)20-17-6-3-14(10-19-17)4-7-18(23)21-24;;/h2-7,10,15,24H,8-9,11-12H2,1H3,(H,19,20)(H,21,23);2*1H/b7-4+;;/t15-;;/m1../s1. The highest BCUT2D eigenvalue weighted by Gasteiger charge is 2.22. The van der Waals surface area contributed by atoms with Gasteiger partial charge in [-0.05, 0) is 49.2 Å². The van der Waals surface area contributed by atoms with E-state index in [1.54, 1.807) is 17.8 Å². The summed E-state index contributed by atoms with van der Waals surface area (Å²) >= 11 is 1.86. The number of likely N-dealkylation sites (tertiary alicyclic amines) is 1. The number of carbonyl (C=O) groups excluding carboxylic acids is 1. The fraction of sp³-hybridized carbons (Fsp3) is 0.333. The van der Waals surface area contributed by atoms with Gasteiger partial charge < -0.3 is 5.32 Å². The molecule has 1 atom stereocenters. The molecule has 1 aliphatic heterocycles. The maximum absolute atomic E-state index is 11.0. The molecule has 0 aromatic carbocycles. The molecule has 0 unspecified atom stereocenters. The van der Waals surface area contributed by atoms with Crippen LogP contribution in [0.1, 0.15) is 21.7 Å². The summed E-state index contributed by atoms with van der Waals surface area (Å²) in [6, 6.07) is 8.58. The average molecular weight is 431 g/mol. The second kappa shape index (κ2) is 11.3. The van der Waals surface area contributed by atoms with Crippen LogP contribution in [0.5, 0.6) is 0 Å². The van der Waals surface area contributed by atoms with Gasteiger partial charge in [0.25, 0.3) is 5.91 Å². The number of nitrogens with zero attached hydrogens (tertiary/aromatic N) is 2. The van der Waals surface area contributed by atoms with E-state index >= 15 is 0 Å². The van der Waals surface area contributed by atoms with Crippen LogP contribution >= 0.6 is 36.2 Å². The van der Waals surface area contributed by atoms with Crippen molar-refractivity contribution in [2.45, 2.75) is 25.9 Å². The number of rotatable bonds is 6. The minimum atomic E-state index is -0.561. The van der Waals surface area contributed by atoms with Crippen molar-refractivity contribution in [3.63, 3.8) is 0 Å². The van der Waals surface area contributed by atoms with Gasteiger partial charge in [-0.25, -0.2) is 10.5 Å². The van der Waals surface area contributed by atoms with Crippen molar-refractivity contribution in [2.75, 3.05) is 18.4 Å². The van der Waals surface area contributed by atoms with Crippen molar-refractivity contribution in [1.29, 1.82) is 0 Å². The lowest BCUT2D eigenvalue weighted by Crippen LogP contribution is -2.26. The minimum Gasteiger partial charge on any atom is -0.366 e. The first-order chi connectivity index (χ1) is 12.1. The van der Waals surface area contributed by atoms with Crippen molar-refractivity contribution >= 4 is 54.0 Å². The van der Waals surface area contributed by atoms with Crippen LogP contribution in [0.25, 0.3) is 6.08 Å². The third kappa shape index (κ3) is 7.12. The van der Waals surface area contributed by atoms with Crippen LogP contribution in [0.4, 0.5) is 5.82 Å². The zero-order valence-corrected chi connectivity index (χ0v) is 17.4. The van der Waals surface area contributed by atoms with Crippen molar-refractivity contribution < 1.29 is 10.0 Å². The van der Waals surface area contributed by atoms with E-state index in [4.69, 9.17) is 5.21 Å². The van der Waals surface area contributed by atoms with Gasteiger partial charge in [-0.15, -0.1) is 36.2 Å². The van der Waals surface area contributed by atoms with Gasteiger partial charge in [0, 0.05) is 47.7 Å². The summed E-state index contributed by atoms with van der Waals surface area (Å²) in [5.41, 5.74) is 2.36. The Morgan fingerprint density at radius 3 is 2.81 bits per heavy atom. The molecular formula is C18H24Cl2N4O2S. The molecule has 0 bridgehead atoms. The number of aryl methyl sites for hydroxylation is 1. The molecule has 0 aliphatic carbocycles. The number of thiophene rings is 1. The van der Waals surface area contributed by atoms with Crippen LogP contribution < -0.4 is 10.8 Å². The molecule has 1 amide bonds. The van der Waals surface area contributed by atoms with E-state index in [2.05, 4.69) is 34.3 Å². The molecule has 9 heteroatoms. The van der Waals surface area contributed by atoms with Crippen LogP contribution in [0, 0.1) is 6.92 Å². The first-order valence-corrected chi connectivity index (χ1v) is 9.06. The number of halogens is 2. The topological polar surface area (TPSA) is 77.5 Å². The monoisotopic (exact) mass is 430 g/mol. The lowest BCUT2D eigenvalue weighted by atomic mass is 10.2. The first kappa shape index (κ1) is 23.4. The predicted molar refractivity (Wildman–Crippen MR) is 114 cm³/mol. The summed E-state index contributed by atoms with van der Waals surface area (Å²) in [5.74, 6) is 0.275. The molecule has 3 heterocycles. The Hall–Kier alpha value is -1.64. The third-order valence-electron chi connectivity index (χ3n) is 4.12. The van der Waals surface area contributed by atoms with Crippen LogP contribution in [0.2, 0.25) is 0 Å². The zero-order valence-electron chi connectivity index (χ0n) is 14.9. The van der Waals surface area contributed by atoms with E-state index in [1.807, 2.05) is 23.5 Å². The largest absolute Gasteiger partial charge is 0.366 e. The Morgan fingerprint density at radius 1 is 1.37 bits per heavy atom. The normalized spacial score (nSPS) is 16.6. The Morgan fingerprint density at radius 2 is 2.19 bits per heavy atom. The minimum absolute atomic E-state index is 0. The molecule has 3 N–H and O–H groups in total. The molecule has 0 spiro atoms. The first-order valence-electron chi connectivity index (χ1n) is 8.25. The molecule has 148 valence electrons. The lowest BCUT2D eigenvalue weighted by molar-refractivity contribution is -0.124. The summed E-state index contributed by atoms with van der Waals surface area (Å²) in [6.45, 7) is 5.26. The molecular weight excluding hydrogens is 407 g/mol. The highest BCUT2D eigenvalue weighted by molar-refractivity contribution is 7.11. The molecule has 2 aromatic rings. The summed E-state index contributed by atoms with van der Waals surface area (Å²) in [5, 5.41) is 11.9. The highest BCUT2D eigenvalue weighted by Crippen LogP contribution is 2.21. The predicted octanol–water partition coefficient (Wildman–Crippen LogP) is 3.50. The fourth-order valence-corrected chi connectivity index (χ4v) is 3.83. The third-order valence-corrected chi connectivity index (χ3v) is 5.11. The number of nitrogens with one attached hydrogen (secondary N) is 2. The Bertz CT molecular complexity index is 752. The number of amides is 1. The number of anilines is 1. The van der Waals surface area contributed by atoms with Crippen molar-refractivity contribution in [3.8, 4) is 0 Å². The highest BCUT2D eigenvalue weighted by atomic mass is 35.5. The van der Waals surface area contributed by atoms with Gasteiger partial charge in [0.1, 0.15) is 5.82 Å². The van der Waals surface area contributed by atoms with Crippen molar-refractivity contribution in [3.05, 3.63) is 51.9 Å². The summed E-state index contributed by atoms with van der Waals surface area (Å²) in [7, 11) is 0. The molecule has 0 radical (unpaired) electrons. The number of aromatic nitrogens is 1. The van der Waals surface area contributed by atoms with Crippen LogP contribution in [0.15, 0.2) is 36.5 Å². The lowest BCUT2D eigenvalue weighted by Gasteiger charge is -2.16. The molecule has 1 saturated heterocycles. The molecule has 1 aliphatic rings. The van der Waals surface area contributed by atoms with Gasteiger partial charge in [-0.3, -0.25) is 14.9 Å². The van der Waals surface area contributed by atoms with Gasteiger partial charge in [-0.1, -0.05) is 0 Å². The number of carbonyl (C=O) groups is 1. The Kier molecular flexibility index (Phi) is 9.76. The molecule has 1 fully saturated rings. The van der Waals surface area contributed by atoms with Gasteiger partial charge in [0.15, 0.2) is 0 Å². The summed E-state index contributed by atoms with van der Waals surface area (Å²) < 4.78 is 0. The maximum Gasteiger partial charge on any atom is 0.267 e. The number of pyridine rings is 1. The van der Waals surface area contributed by atoms with Gasteiger partial charge >= 0.3 is 0 Å². The Balaban J connectivity index is 0.00000182.